The Morgan fingerprint density at radius 2 is 1.70 bits per heavy atom. The number of benzene rings is 2. The summed E-state index contributed by atoms with van der Waals surface area (Å²) in [6.07, 6.45) is 1.36. The zero-order valence-electron chi connectivity index (χ0n) is 17.3. The number of hydrogen-bond acceptors (Lipinski definition) is 6. The van der Waals surface area contributed by atoms with Crippen LogP contribution < -0.4 is 20.1 Å². The summed E-state index contributed by atoms with van der Waals surface area (Å²) in [5, 5.41) is 6.08. The zero-order chi connectivity index (χ0) is 21.7. The number of nitrogens with one attached hydrogen (secondary N) is 2. The number of hydrogen-bond donors (Lipinski definition) is 2. The number of sulfonamides is 1. The molecule has 2 aromatic rings. The lowest BCUT2D eigenvalue weighted by molar-refractivity contribution is -0.114. The Bertz CT molecular complexity index is 984. The van der Waals surface area contributed by atoms with Crippen molar-refractivity contribution in [1.82, 2.24) is 4.31 Å². The molecule has 0 spiro atoms. The first kappa shape index (κ1) is 21.9. The lowest BCUT2D eigenvalue weighted by atomic mass is 10.1. The normalized spacial score (nSPS) is 15.4. The van der Waals surface area contributed by atoms with Gasteiger partial charge in [0.05, 0.1) is 24.8 Å². The number of rotatable bonds is 7. The average molecular weight is 434 g/mol. The van der Waals surface area contributed by atoms with E-state index in [2.05, 4.69) is 10.6 Å². The summed E-state index contributed by atoms with van der Waals surface area (Å²) >= 11 is 0. The Balaban J connectivity index is 1.63. The minimum atomic E-state index is -3.57. The van der Waals surface area contributed by atoms with Crippen LogP contribution >= 0.6 is 0 Å². The molecule has 8 nitrogen and oxygen atoms in total. The molecule has 1 aliphatic rings. The van der Waals surface area contributed by atoms with Crippen molar-refractivity contribution in [2.45, 2.75) is 30.7 Å². The summed E-state index contributed by atoms with van der Waals surface area (Å²) in [5.74, 6) is 1.19. The quantitative estimate of drug-likeness (QED) is 0.697. The molecule has 0 unspecified atom stereocenters. The predicted octanol–water partition coefficient (Wildman–Crippen LogP) is 2.93. The van der Waals surface area contributed by atoms with E-state index in [-0.39, 0.29) is 16.8 Å². The van der Waals surface area contributed by atoms with Crippen molar-refractivity contribution in [2.75, 3.05) is 37.9 Å². The molecule has 30 heavy (non-hydrogen) atoms. The average Bonchev–Trinajstić information content (AvgIpc) is 2.74. The topological polar surface area (TPSA) is 97.0 Å². The standard InChI is InChI=1S/C21H27N3O5S/c1-15(25)22-16-4-7-19(8-5-16)30(26,27)24-12-10-17(11-13-24)23-20-9-6-18(28-2)14-21(20)29-3/h4-9,14,17,23H,10-13H2,1-3H3,(H,22,25). The fourth-order valence-electron chi connectivity index (χ4n) is 3.44. The van der Waals surface area contributed by atoms with Crippen LogP contribution in [0, 0.1) is 0 Å². The Morgan fingerprint density at radius 1 is 1.03 bits per heavy atom. The highest BCUT2D eigenvalue weighted by Gasteiger charge is 2.29. The number of amides is 1. The highest BCUT2D eigenvalue weighted by Crippen LogP contribution is 2.31. The molecule has 3 rings (SSSR count). The van der Waals surface area contributed by atoms with Gasteiger partial charge in [-0.2, -0.15) is 4.31 Å². The SMILES string of the molecule is COc1ccc(NC2CCN(S(=O)(=O)c3ccc(NC(C)=O)cc3)CC2)c(OC)c1. The van der Waals surface area contributed by atoms with Gasteiger partial charge in [0, 0.05) is 37.8 Å². The van der Waals surface area contributed by atoms with Crippen molar-refractivity contribution < 1.29 is 22.7 Å². The Labute approximate surface area is 177 Å². The smallest absolute Gasteiger partial charge is 0.243 e. The van der Waals surface area contributed by atoms with Crippen LogP contribution in [0.3, 0.4) is 0 Å². The van der Waals surface area contributed by atoms with E-state index in [0.29, 0.717) is 43.1 Å². The monoisotopic (exact) mass is 433 g/mol. The van der Waals surface area contributed by atoms with Crippen molar-refractivity contribution in [2.24, 2.45) is 0 Å². The van der Waals surface area contributed by atoms with Crippen LogP contribution in [0.5, 0.6) is 11.5 Å². The maximum Gasteiger partial charge on any atom is 0.243 e. The number of piperidine rings is 1. The van der Waals surface area contributed by atoms with Gasteiger partial charge in [-0.05, 0) is 49.2 Å². The van der Waals surface area contributed by atoms with Gasteiger partial charge in [0.2, 0.25) is 15.9 Å². The number of anilines is 2. The Hall–Kier alpha value is -2.78. The largest absolute Gasteiger partial charge is 0.497 e. The predicted molar refractivity (Wildman–Crippen MR) is 116 cm³/mol. The summed E-state index contributed by atoms with van der Waals surface area (Å²) in [7, 11) is -0.368. The van der Waals surface area contributed by atoms with E-state index in [9.17, 15) is 13.2 Å². The molecule has 1 aliphatic heterocycles. The molecule has 0 atom stereocenters. The molecule has 0 aliphatic carbocycles. The summed E-state index contributed by atoms with van der Waals surface area (Å²) in [5.41, 5.74) is 1.42. The second-order valence-corrected chi connectivity index (χ2v) is 9.03. The van der Waals surface area contributed by atoms with Gasteiger partial charge in [0.15, 0.2) is 0 Å². The Morgan fingerprint density at radius 3 is 2.27 bits per heavy atom. The van der Waals surface area contributed by atoms with Gasteiger partial charge < -0.3 is 20.1 Å². The van der Waals surface area contributed by atoms with Gasteiger partial charge in [-0.15, -0.1) is 0 Å². The summed E-state index contributed by atoms with van der Waals surface area (Å²) in [4.78, 5) is 11.3. The third kappa shape index (κ3) is 5.03. The molecule has 1 fully saturated rings. The number of nitrogens with zero attached hydrogens (tertiary/aromatic N) is 1. The van der Waals surface area contributed by atoms with Crippen LogP contribution in [0.1, 0.15) is 19.8 Å². The van der Waals surface area contributed by atoms with Crippen LogP contribution in [0.4, 0.5) is 11.4 Å². The fourth-order valence-corrected chi connectivity index (χ4v) is 4.91. The first-order valence-corrected chi connectivity index (χ1v) is 11.1. The van der Waals surface area contributed by atoms with E-state index in [1.54, 1.807) is 26.4 Å². The molecule has 2 aromatic carbocycles. The van der Waals surface area contributed by atoms with Crippen LogP contribution in [0.25, 0.3) is 0 Å². The van der Waals surface area contributed by atoms with Crippen molar-refractivity contribution in [3.05, 3.63) is 42.5 Å². The van der Waals surface area contributed by atoms with Crippen LogP contribution in [-0.2, 0) is 14.8 Å². The highest BCUT2D eigenvalue weighted by molar-refractivity contribution is 7.89. The highest BCUT2D eigenvalue weighted by atomic mass is 32.2. The number of carbonyl (C=O) groups excluding carboxylic acids is 1. The fraction of sp³-hybridized carbons (Fsp3) is 0.381. The first-order valence-electron chi connectivity index (χ1n) is 9.70. The third-order valence-electron chi connectivity index (χ3n) is 5.03. The molecule has 1 amide bonds. The maximum atomic E-state index is 12.9. The summed E-state index contributed by atoms with van der Waals surface area (Å²) in [6.45, 7) is 2.25. The van der Waals surface area contributed by atoms with E-state index in [4.69, 9.17) is 9.47 Å². The molecule has 0 saturated carbocycles. The minimum Gasteiger partial charge on any atom is -0.497 e. The molecule has 0 bridgehead atoms. The number of carbonyl (C=O) groups is 1. The lowest BCUT2D eigenvalue weighted by Crippen LogP contribution is -2.42. The van der Waals surface area contributed by atoms with Gasteiger partial charge in [0.1, 0.15) is 11.5 Å². The van der Waals surface area contributed by atoms with Gasteiger partial charge >= 0.3 is 0 Å². The number of ether oxygens (including phenoxy) is 2. The van der Waals surface area contributed by atoms with Crippen molar-refractivity contribution >= 4 is 27.3 Å². The van der Waals surface area contributed by atoms with Crippen molar-refractivity contribution in [1.29, 1.82) is 0 Å². The van der Waals surface area contributed by atoms with Crippen molar-refractivity contribution in [3.63, 3.8) is 0 Å². The van der Waals surface area contributed by atoms with E-state index < -0.39 is 10.0 Å². The molecule has 162 valence electrons. The lowest BCUT2D eigenvalue weighted by Gasteiger charge is -2.32. The van der Waals surface area contributed by atoms with E-state index in [0.717, 1.165) is 5.69 Å². The molecule has 0 radical (unpaired) electrons. The molecule has 2 N–H and O–H groups in total. The molecular formula is C21H27N3O5S. The molecule has 1 saturated heterocycles. The molecule has 1 heterocycles. The van der Waals surface area contributed by atoms with Gasteiger partial charge in [0.25, 0.3) is 0 Å². The van der Waals surface area contributed by atoms with Crippen LogP contribution in [0.15, 0.2) is 47.4 Å². The molecular weight excluding hydrogens is 406 g/mol. The summed E-state index contributed by atoms with van der Waals surface area (Å²) < 4.78 is 38.0. The van der Waals surface area contributed by atoms with Gasteiger partial charge in [-0.3, -0.25) is 4.79 Å². The second-order valence-electron chi connectivity index (χ2n) is 7.09. The summed E-state index contributed by atoms with van der Waals surface area (Å²) in [6, 6.07) is 11.9. The van der Waals surface area contributed by atoms with Gasteiger partial charge in [-0.25, -0.2) is 8.42 Å². The third-order valence-corrected chi connectivity index (χ3v) is 6.95. The van der Waals surface area contributed by atoms with Crippen LogP contribution in [0.2, 0.25) is 0 Å². The van der Waals surface area contributed by atoms with E-state index in [1.165, 1.54) is 23.4 Å². The Kier molecular flexibility index (Phi) is 6.84. The molecule has 0 aromatic heterocycles. The maximum absolute atomic E-state index is 12.9. The van der Waals surface area contributed by atoms with Crippen LogP contribution in [-0.4, -0.2) is 52.0 Å². The zero-order valence-corrected chi connectivity index (χ0v) is 18.2. The van der Waals surface area contributed by atoms with Crippen molar-refractivity contribution in [3.8, 4) is 11.5 Å². The van der Waals surface area contributed by atoms with Gasteiger partial charge in [-0.1, -0.05) is 0 Å². The van der Waals surface area contributed by atoms with E-state index in [1.807, 2.05) is 18.2 Å². The molecule has 9 heteroatoms. The minimum absolute atomic E-state index is 0.140. The number of methoxy groups -OCH3 is 2. The first-order chi connectivity index (χ1) is 14.3. The van der Waals surface area contributed by atoms with E-state index >= 15 is 0 Å². The second kappa shape index (κ2) is 9.36.